The van der Waals surface area contributed by atoms with E-state index in [1.807, 2.05) is 6.92 Å². The van der Waals surface area contributed by atoms with Crippen LogP contribution in [0.2, 0.25) is 0 Å². The maximum atomic E-state index is 6.01. The molecule has 1 aromatic rings. The Morgan fingerprint density at radius 3 is 2.85 bits per heavy atom. The lowest BCUT2D eigenvalue weighted by atomic mass is 10.1. The Balaban J connectivity index is 2.11. The fourth-order valence-electron chi connectivity index (χ4n) is 2.71. The molecule has 2 rings (SSSR count). The number of nitrogen functional groups attached to an aromatic ring is 1. The number of aromatic nitrogens is 2. The quantitative estimate of drug-likeness (QED) is 0.864. The molecule has 2 heterocycles. The molecule has 1 aliphatic heterocycles. The summed E-state index contributed by atoms with van der Waals surface area (Å²) < 4.78 is 0. The van der Waals surface area contributed by atoms with Gasteiger partial charge in [0.05, 0.1) is 0 Å². The smallest absolute Gasteiger partial charge is 0.135 e. The largest absolute Gasteiger partial charge is 0.383 e. The van der Waals surface area contributed by atoms with E-state index >= 15 is 0 Å². The fourth-order valence-corrected chi connectivity index (χ4v) is 2.71. The summed E-state index contributed by atoms with van der Waals surface area (Å²) in [5, 5.41) is 3.58. The summed E-state index contributed by atoms with van der Waals surface area (Å²) in [6.07, 6.45) is 4.36. The molecule has 1 unspecified atom stereocenters. The molecule has 1 saturated heterocycles. The molecule has 20 heavy (non-hydrogen) atoms. The van der Waals surface area contributed by atoms with Crippen LogP contribution in [0.1, 0.15) is 44.5 Å². The van der Waals surface area contributed by atoms with Crippen molar-refractivity contribution in [2.24, 2.45) is 0 Å². The van der Waals surface area contributed by atoms with Gasteiger partial charge < -0.3 is 16.0 Å². The highest BCUT2D eigenvalue weighted by Gasteiger charge is 2.20. The third kappa shape index (κ3) is 3.60. The van der Waals surface area contributed by atoms with E-state index in [0.717, 1.165) is 43.1 Å². The third-order valence-corrected chi connectivity index (χ3v) is 4.00. The van der Waals surface area contributed by atoms with Gasteiger partial charge in [0.15, 0.2) is 0 Å². The Bertz CT molecular complexity index is 446. The Morgan fingerprint density at radius 2 is 2.15 bits per heavy atom. The predicted molar refractivity (Wildman–Crippen MR) is 83.9 cm³/mol. The molecule has 5 nitrogen and oxygen atoms in total. The van der Waals surface area contributed by atoms with Crippen LogP contribution in [0, 0.1) is 6.92 Å². The number of piperidine rings is 1. The second-order valence-electron chi connectivity index (χ2n) is 5.63. The maximum Gasteiger partial charge on any atom is 0.135 e. The van der Waals surface area contributed by atoms with Crippen LogP contribution >= 0.6 is 0 Å². The van der Waals surface area contributed by atoms with E-state index in [-0.39, 0.29) is 0 Å². The summed E-state index contributed by atoms with van der Waals surface area (Å²) in [6, 6.07) is 0.464. The van der Waals surface area contributed by atoms with E-state index < -0.39 is 0 Å². The molecule has 1 fully saturated rings. The minimum atomic E-state index is 0.464. The van der Waals surface area contributed by atoms with Gasteiger partial charge in [-0.1, -0.05) is 13.8 Å². The van der Waals surface area contributed by atoms with Gasteiger partial charge in [-0.15, -0.1) is 0 Å². The van der Waals surface area contributed by atoms with Crippen molar-refractivity contribution in [1.29, 1.82) is 0 Å². The van der Waals surface area contributed by atoms with Gasteiger partial charge in [-0.05, 0) is 39.3 Å². The highest BCUT2D eigenvalue weighted by molar-refractivity contribution is 5.55. The van der Waals surface area contributed by atoms with Gasteiger partial charge in [0.25, 0.3) is 0 Å². The number of nitrogens with two attached hydrogens (primary N) is 1. The predicted octanol–water partition coefficient (Wildman–Crippen LogP) is 2.22. The molecule has 3 N–H and O–H groups in total. The topological polar surface area (TPSA) is 67.1 Å². The number of hydrogen-bond donors (Lipinski definition) is 2. The summed E-state index contributed by atoms with van der Waals surface area (Å²) in [5.74, 6) is 2.37. The highest BCUT2D eigenvalue weighted by atomic mass is 15.2. The maximum absolute atomic E-state index is 6.01. The van der Waals surface area contributed by atoms with Crippen molar-refractivity contribution in [3.63, 3.8) is 0 Å². The first kappa shape index (κ1) is 15.0. The highest BCUT2D eigenvalue weighted by Crippen LogP contribution is 2.21. The van der Waals surface area contributed by atoms with E-state index in [9.17, 15) is 0 Å². The van der Waals surface area contributed by atoms with Crippen LogP contribution in [0.4, 0.5) is 11.6 Å². The molecular formula is C15H27N5. The van der Waals surface area contributed by atoms with Crippen molar-refractivity contribution in [3.05, 3.63) is 11.4 Å². The van der Waals surface area contributed by atoms with Crippen molar-refractivity contribution in [2.75, 3.05) is 30.7 Å². The number of likely N-dealkylation sites (tertiary alicyclic amines) is 1. The SMILES string of the molecule is CCCc1nc(N)c(C)c(NC2CCCN(CC)C2)n1. The summed E-state index contributed by atoms with van der Waals surface area (Å²) in [7, 11) is 0. The lowest BCUT2D eigenvalue weighted by Crippen LogP contribution is -2.42. The molecule has 0 spiro atoms. The average molecular weight is 277 g/mol. The van der Waals surface area contributed by atoms with Gasteiger partial charge in [-0.2, -0.15) is 0 Å². The monoisotopic (exact) mass is 277 g/mol. The van der Waals surface area contributed by atoms with Crippen LogP contribution in [0.25, 0.3) is 0 Å². The molecular weight excluding hydrogens is 250 g/mol. The molecule has 0 saturated carbocycles. The van der Waals surface area contributed by atoms with Gasteiger partial charge in [0.1, 0.15) is 17.5 Å². The van der Waals surface area contributed by atoms with Crippen LogP contribution < -0.4 is 11.1 Å². The number of aryl methyl sites for hydroxylation is 1. The second kappa shape index (κ2) is 6.88. The van der Waals surface area contributed by atoms with E-state index in [0.29, 0.717) is 11.9 Å². The van der Waals surface area contributed by atoms with Crippen LogP contribution in [0.5, 0.6) is 0 Å². The van der Waals surface area contributed by atoms with Gasteiger partial charge in [-0.25, -0.2) is 9.97 Å². The lowest BCUT2D eigenvalue weighted by molar-refractivity contribution is 0.226. The van der Waals surface area contributed by atoms with Crippen LogP contribution in [0.3, 0.4) is 0 Å². The molecule has 1 aromatic heterocycles. The average Bonchev–Trinajstić information content (AvgIpc) is 2.45. The molecule has 1 aliphatic rings. The van der Waals surface area contributed by atoms with Crippen LogP contribution in [-0.4, -0.2) is 40.5 Å². The first-order chi connectivity index (χ1) is 9.63. The minimum absolute atomic E-state index is 0.464. The first-order valence-corrected chi connectivity index (χ1v) is 7.75. The van der Waals surface area contributed by atoms with E-state index in [2.05, 4.69) is 34.0 Å². The Hall–Kier alpha value is -1.36. The van der Waals surface area contributed by atoms with Gasteiger partial charge in [-0.3, -0.25) is 0 Å². The summed E-state index contributed by atoms with van der Waals surface area (Å²) >= 11 is 0. The molecule has 0 amide bonds. The Morgan fingerprint density at radius 1 is 1.35 bits per heavy atom. The molecule has 1 atom stereocenters. The van der Waals surface area contributed by atoms with Gasteiger partial charge in [0.2, 0.25) is 0 Å². The van der Waals surface area contributed by atoms with Crippen molar-refractivity contribution in [2.45, 2.75) is 52.5 Å². The van der Waals surface area contributed by atoms with Gasteiger partial charge >= 0.3 is 0 Å². The third-order valence-electron chi connectivity index (χ3n) is 4.00. The number of likely N-dealkylation sites (N-methyl/N-ethyl adjacent to an activating group) is 1. The minimum Gasteiger partial charge on any atom is -0.383 e. The Labute approximate surface area is 122 Å². The Kier molecular flexibility index (Phi) is 5.17. The van der Waals surface area contributed by atoms with Crippen molar-refractivity contribution >= 4 is 11.6 Å². The summed E-state index contributed by atoms with van der Waals surface area (Å²) in [4.78, 5) is 11.5. The summed E-state index contributed by atoms with van der Waals surface area (Å²) in [6.45, 7) is 9.75. The standard InChI is InChI=1S/C15H27N5/c1-4-7-13-18-14(16)11(3)15(19-13)17-12-8-6-9-20(5-2)10-12/h12H,4-10H2,1-3H3,(H3,16,17,18,19). The molecule has 0 aliphatic carbocycles. The lowest BCUT2D eigenvalue weighted by Gasteiger charge is -2.32. The normalized spacial score (nSPS) is 20.1. The van der Waals surface area contributed by atoms with E-state index in [4.69, 9.17) is 5.73 Å². The first-order valence-electron chi connectivity index (χ1n) is 7.75. The fraction of sp³-hybridized carbons (Fsp3) is 0.733. The molecule has 112 valence electrons. The van der Waals surface area contributed by atoms with Gasteiger partial charge in [0, 0.05) is 24.6 Å². The number of nitrogens with one attached hydrogen (secondary N) is 1. The number of nitrogens with zero attached hydrogens (tertiary/aromatic N) is 3. The second-order valence-corrected chi connectivity index (χ2v) is 5.63. The van der Waals surface area contributed by atoms with E-state index in [1.165, 1.54) is 19.4 Å². The number of hydrogen-bond acceptors (Lipinski definition) is 5. The van der Waals surface area contributed by atoms with Crippen molar-refractivity contribution in [3.8, 4) is 0 Å². The summed E-state index contributed by atoms with van der Waals surface area (Å²) in [5.41, 5.74) is 6.98. The molecule has 0 radical (unpaired) electrons. The van der Waals surface area contributed by atoms with Crippen LogP contribution in [0.15, 0.2) is 0 Å². The molecule has 0 aromatic carbocycles. The van der Waals surface area contributed by atoms with Crippen molar-refractivity contribution < 1.29 is 0 Å². The van der Waals surface area contributed by atoms with Crippen molar-refractivity contribution in [1.82, 2.24) is 14.9 Å². The van der Waals surface area contributed by atoms with Crippen LogP contribution in [-0.2, 0) is 6.42 Å². The van der Waals surface area contributed by atoms with E-state index in [1.54, 1.807) is 0 Å². The zero-order valence-corrected chi connectivity index (χ0v) is 12.9. The molecule has 5 heteroatoms. The number of rotatable bonds is 5. The number of anilines is 2. The zero-order chi connectivity index (χ0) is 14.5. The zero-order valence-electron chi connectivity index (χ0n) is 12.9. The molecule has 0 bridgehead atoms.